The molecule has 0 saturated heterocycles. The lowest BCUT2D eigenvalue weighted by Gasteiger charge is -2.25. The van der Waals surface area contributed by atoms with Gasteiger partial charge in [0.25, 0.3) is 5.91 Å². The molecule has 0 heterocycles. The van der Waals surface area contributed by atoms with Crippen LogP contribution < -0.4 is 5.73 Å². The molecular formula is C15H12F3NO2S. The number of benzene rings is 2. The average Bonchev–Trinajstić information content (AvgIpc) is 2.46. The Balaban J connectivity index is 2.41. The van der Waals surface area contributed by atoms with Crippen LogP contribution in [0.2, 0.25) is 0 Å². The van der Waals surface area contributed by atoms with Crippen molar-refractivity contribution in [2.75, 3.05) is 0 Å². The van der Waals surface area contributed by atoms with Gasteiger partial charge in [0, 0.05) is 4.90 Å². The number of hydrogen-bond acceptors (Lipinski definition) is 3. The molecular weight excluding hydrogens is 315 g/mol. The van der Waals surface area contributed by atoms with E-state index in [1.54, 1.807) is 18.2 Å². The fraction of sp³-hybridized carbons (Fsp3) is 0.133. The van der Waals surface area contributed by atoms with Gasteiger partial charge in [-0.2, -0.15) is 13.2 Å². The Labute approximate surface area is 128 Å². The van der Waals surface area contributed by atoms with Crippen LogP contribution in [0.5, 0.6) is 0 Å². The molecule has 0 saturated carbocycles. The highest BCUT2D eigenvalue weighted by Gasteiger charge is 2.38. The van der Waals surface area contributed by atoms with Gasteiger partial charge in [-0.05, 0) is 35.0 Å². The number of amides is 1. The van der Waals surface area contributed by atoms with E-state index in [9.17, 15) is 23.1 Å². The second-order valence-electron chi connectivity index (χ2n) is 4.51. The van der Waals surface area contributed by atoms with E-state index < -0.39 is 17.0 Å². The van der Waals surface area contributed by atoms with Crippen molar-refractivity contribution < 1.29 is 23.1 Å². The summed E-state index contributed by atoms with van der Waals surface area (Å²) in [6.45, 7) is 0. The molecule has 3 N–H and O–H groups in total. The van der Waals surface area contributed by atoms with E-state index in [4.69, 9.17) is 5.73 Å². The second-order valence-corrected chi connectivity index (χ2v) is 5.65. The van der Waals surface area contributed by atoms with Gasteiger partial charge in [-0.15, -0.1) is 0 Å². The minimum atomic E-state index is -4.40. The van der Waals surface area contributed by atoms with Crippen LogP contribution >= 0.6 is 11.8 Å². The minimum Gasteiger partial charge on any atom is -0.372 e. The maximum atomic E-state index is 12.3. The van der Waals surface area contributed by atoms with Gasteiger partial charge in [-0.1, -0.05) is 42.5 Å². The van der Waals surface area contributed by atoms with Gasteiger partial charge in [0.05, 0.1) is 0 Å². The molecule has 0 aliphatic rings. The molecule has 7 heteroatoms. The maximum absolute atomic E-state index is 12.3. The Morgan fingerprint density at radius 2 is 1.45 bits per heavy atom. The second kappa shape index (κ2) is 6.02. The zero-order valence-corrected chi connectivity index (χ0v) is 12.0. The van der Waals surface area contributed by atoms with Crippen molar-refractivity contribution in [3.05, 3.63) is 65.7 Å². The van der Waals surface area contributed by atoms with E-state index in [0.29, 0.717) is 0 Å². The van der Waals surface area contributed by atoms with Gasteiger partial charge in [-0.3, -0.25) is 4.79 Å². The molecule has 1 atom stereocenters. The molecule has 0 aliphatic carbocycles. The van der Waals surface area contributed by atoms with Crippen LogP contribution in [-0.2, 0) is 10.4 Å². The van der Waals surface area contributed by atoms with Gasteiger partial charge in [0.15, 0.2) is 5.60 Å². The number of halogens is 3. The quantitative estimate of drug-likeness (QED) is 0.849. The summed E-state index contributed by atoms with van der Waals surface area (Å²) in [7, 11) is 0. The van der Waals surface area contributed by atoms with Gasteiger partial charge in [0.2, 0.25) is 0 Å². The van der Waals surface area contributed by atoms with Crippen LogP contribution in [0.15, 0.2) is 59.5 Å². The van der Waals surface area contributed by atoms with Gasteiger partial charge < -0.3 is 10.8 Å². The summed E-state index contributed by atoms with van der Waals surface area (Å²) in [5.41, 5.74) is -0.838. The number of nitrogens with two attached hydrogens (primary N) is 1. The lowest BCUT2D eigenvalue weighted by atomic mass is 9.86. The van der Waals surface area contributed by atoms with Gasteiger partial charge in [0.1, 0.15) is 0 Å². The molecule has 0 spiro atoms. The fourth-order valence-electron chi connectivity index (χ4n) is 2.03. The first-order chi connectivity index (χ1) is 10.2. The lowest BCUT2D eigenvalue weighted by molar-refractivity contribution is -0.133. The van der Waals surface area contributed by atoms with Crippen molar-refractivity contribution in [2.24, 2.45) is 5.73 Å². The summed E-state index contributed by atoms with van der Waals surface area (Å²) in [6, 6.07) is 12.9. The molecule has 116 valence electrons. The first-order valence-corrected chi connectivity index (χ1v) is 6.99. The highest BCUT2D eigenvalue weighted by Crippen LogP contribution is 2.38. The van der Waals surface area contributed by atoms with Crippen LogP contribution in [0, 0.1) is 0 Å². The molecule has 0 bridgehead atoms. The van der Waals surface area contributed by atoms with Crippen molar-refractivity contribution in [1.82, 2.24) is 0 Å². The predicted molar refractivity (Wildman–Crippen MR) is 77.0 cm³/mol. The molecule has 22 heavy (non-hydrogen) atoms. The fourth-order valence-corrected chi connectivity index (χ4v) is 2.57. The van der Waals surface area contributed by atoms with E-state index in [1.165, 1.54) is 36.4 Å². The first-order valence-electron chi connectivity index (χ1n) is 6.17. The number of carbonyl (C=O) groups is 1. The van der Waals surface area contributed by atoms with Crippen LogP contribution in [0.1, 0.15) is 11.1 Å². The summed E-state index contributed by atoms with van der Waals surface area (Å²) >= 11 is -0.274. The van der Waals surface area contributed by atoms with Crippen molar-refractivity contribution in [1.29, 1.82) is 0 Å². The third-order valence-corrected chi connectivity index (χ3v) is 3.79. The number of hydrogen-bond donors (Lipinski definition) is 2. The van der Waals surface area contributed by atoms with Crippen molar-refractivity contribution >= 4 is 17.7 Å². The van der Waals surface area contributed by atoms with Crippen LogP contribution in [-0.4, -0.2) is 16.5 Å². The molecule has 1 unspecified atom stereocenters. The highest BCUT2D eigenvalue weighted by atomic mass is 32.2. The molecule has 2 rings (SSSR count). The normalized spacial score (nSPS) is 14.4. The Hall–Kier alpha value is -1.99. The third-order valence-electron chi connectivity index (χ3n) is 3.05. The zero-order chi connectivity index (χ0) is 16.4. The summed E-state index contributed by atoms with van der Waals surface area (Å²) in [5.74, 6) is -1.00. The summed E-state index contributed by atoms with van der Waals surface area (Å²) in [5, 5.41) is 10.7. The Kier molecular flexibility index (Phi) is 4.48. The SMILES string of the molecule is NC(=O)C(O)(c1ccccc1)c1ccc(SC(F)(F)F)cc1. The first kappa shape index (κ1) is 16.4. The van der Waals surface area contributed by atoms with Crippen molar-refractivity contribution in [3.8, 4) is 0 Å². The number of carbonyl (C=O) groups excluding carboxylic acids is 1. The van der Waals surface area contributed by atoms with Crippen LogP contribution in [0.4, 0.5) is 13.2 Å². The topological polar surface area (TPSA) is 63.3 Å². The lowest BCUT2D eigenvalue weighted by Crippen LogP contribution is -2.42. The molecule has 0 aliphatic heterocycles. The molecule has 0 fully saturated rings. The van der Waals surface area contributed by atoms with E-state index in [0.717, 1.165) is 0 Å². The van der Waals surface area contributed by atoms with E-state index >= 15 is 0 Å². The van der Waals surface area contributed by atoms with Gasteiger partial charge >= 0.3 is 5.51 Å². The van der Waals surface area contributed by atoms with Crippen molar-refractivity contribution in [3.63, 3.8) is 0 Å². The van der Waals surface area contributed by atoms with Crippen LogP contribution in [0.3, 0.4) is 0 Å². The van der Waals surface area contributed by atoms with Crippen LogP contribution in [0.25, 0.3) is 0 Å². The summed E-state index contributed by atoms with van der Waals surface area (Å²) in [6.07, 6.45) is 0. The number of aliphatic hydroxyl groups is 1. The number of alkyl halides is 3. The molecule has 0 aromatic heterocycles. The predicted octanol–water partition coefficient (Wildman–Crippen LogP) is 3.02. The summed E-state index contributed by atoms with van der Waals surface area (Å²) < 4.78 is 36.9. The molecule has 0 radical (unpaired) electrons. The van der Waals surface area contributed by atoms with Crippen molar-refractivity contribution in [2.45, 2.75) is 16.0 Å². The minimum absolute atomic E-state index is 0.0452. The number of primary amides is 1. The van der Waals surface area contributed by atoms with E-state index in [-0.39, 0.29) is 27.8 Å². The third kappa shape index (κ3) is 3.42. The maximum Gasteiger partial charge on any atom is 0.446 e. The zero-order valence-electron chi connectivity index (χ0n) is 11.2. The summed E-state index contributed by atoms with van der Waals surface area (Å²) in [4.78, 5) is 11.7. The molecule has 1 amide bonds. The van der Waals surface area contributed by atoms with Gasteiger partial charge in [-0.25, -0.2) is 0 Å². The molecule has 2 aromatic rings. The Morgan fingerprint density at radius 3 is 1.91 bits per heavy atom. The molecule has 2 aromatic carbocycles. The van der Waals surface area contributed by atoms with E-state index in [1.807, 2.05) is 0 Å². The average molecular weight is 327 g/mol. The van der Waals surface area contributed by atoms with E-state index in [2.05, 4.69) is 0 Å². The smallest absolute Gasteiger partial charge is 0.372 e. The molecule has 3 nitrogen and oxygen atoms in total. The Morgan fingerprint density at radius 1 is 0.955 bits per heavy atom. The largest absolute Gasteiger partial charge is 0.446 e. The number of rotatable bonds is 4. The number of thioether (sulfide) groups is 1. The standard InChI is InChI=1S/C15H12F3NO2S/c16-15(17,18)22-12-8-6-11(7-9-12)14(21,13(19)20)10-4-2-1-3-5-10/h1-9,21H,(H2,19,20). The highest BCUT2D eigenvalue weighted by molar-refractivity contribution is 8.00. The monoisotopic (exact) mass is 327 g/mol. The Bertz CT molecular complexity index is 659.